The van der Waals surface area contributed by atoms with E-state index in [1.807, 2.05) is 0 Å². The molecule has 0 fully saturated rings. The lowest BCUT2D eigenvalue weighted by Gasteiger charge is -2.13. The van der Waals surface area contributed by atoms with Crippen LogP contribution in [0.3, 0.4) is 0 Å². The summed E-state index contributed by atoms with van der Waals surface area (Å²) in [5, 5.41) is 16.8. The van der Waals surface area contributed by atoms with Crippen LogP contribution < -0.4 is 0 Å². The van der Waals surface area contributed by atoms with E-state index < -0.39 is 11.9 Å². The number of carbonyl (C=O) groups is 1. The van der Waals surface area contributed by atoms with Crippen LogP contribution in [0, 0.1) is 0 Å². The van der Waals surface area contributed by atoms with Crippen LogP contribution in [0.1, 0.15) is 6.92 Å². The van der Waals surface area contributed by atoms with Gasteiger partial charge in [0, 0.05) is 13.0 Å². The molecule has 0 atom stereocenters. The molecule has 0 aromatic heterocycles. The van der Waals surface area contributed by atoms with Gasteiger partial charge in [-0.15, -0.1) is 0 Å². The molecule has 0 aromatic carbocycles. The van der Waals surface area contributed by atoms with Gasteiger partial charge in [-0.2, -0.15) is 0 Å². The van der Waals surface area contributed by atoms with Gasteiger partial charge in [0.1, 0.15) is 0 Å². The molecule has 52 valence electrons. The van der Waals surface area contributed by atoms with Gasteiger partial charge in [-0.3, -0.25) is 0 Å². The number of hydrogen-bond donors (Lipinski definition) is 2. The van der Waals surface area contributed by atoms with E-state index in [1.54, 1.807) is 0 Å². The SMILES string of the molecule is C=CC(=O)OC(C)(O)O. The number of esters is 1. The lowest BCUT2D eigenvalue weighted by atomic mass is 10.6. The third-order valence-electron chi connectivity index (χ3n) is 0.461. The van der Waals surface area contributed by atoms with Crippen LogP contribution in [0.2, 0.25) is 0 Å². The van der Waals surface area contributed by atoms with Crippen molar-refractivity contribution in [2.24, 2.45) is 0 Å². The molecule has 0 rings (SSSR count). The predicted octanol–water partition coefficient (Wildman–Crippen LogP) is -0.626. The van der Waals surface area contributed by atoms with Crippen molar-refractivity contribution in [2.45, 2.75) is 12.9 Å². The highest BCUT2D eigenvalue weighted by Crippen LogP contribution is 1.98. The minimum Gasteiger partial charge on any atom is -0.405 e. The van der Waals surface area contributed by atoms with Crippen LogP contribution in [-0.4, -0.2) is 22.2 Å². The molecule has 0 radical (unpaired) electrons. The van der Waals surface area contributed by atoms with Crippen molar-refractivity contribution >= 4 is 5.97 Å². The van der Waals surface area contributed by atoms with Crippen molar-refractivity contribution in [3.63, 3.8) is 0 Å². The summed E-state index contributed by atoms with van der Waals surface area (Å²) in [5.41, 5.74) is 0. The Morgan fingerprint density at radius 3 is 2.33 bits per heavy atom. The number of ether oxygens (including phenoxy) is 1. The first kappa shape index (κ1) is 8.13. The maximum atomic E-state index is 10.2. The topological polar surface area (TPSA) is 66.8 Å². The van der Waals surface area contributed by atoms with Crippen molar-refractivity contribution in [2.75, 3.05) is 0 Å². The molecule has 2 N–H and O–H groups in total. The van der Waals surface area contributed by atoms with E-state index in [0.717, 1.165) is 13.0 Å². The Morgan fingerprint density at radius 2 is 2.22 bits per heavy atom. The molecule has 0 amide bonds. The van der Waals surface area contributed by atoms with E-state index in [1.165, 1.54) is 0 Å². The lowest BCUT2D eigenvalue weighted by molar-refractivity contribution is -0.304. The van der Waals surface area contributed by atoms with Crippen LogP contribution >= 0.6 is 0 Å². The Kier molecular flexibility index (Phi) is 2.36. The Labute approximate surface area is 52.4 Å². The van der Waals surface area contributed by atoms with Gasteiger partial charge in [0.25, 0.3) is 0 Å². The van der Waals surface area contributed by atoms with Gasteiger partial charge < -0.3 is 14.9 Å². The summed E-state index contributed by atoms with van der Waals surface area (Å²) in [6.07, 6.45) is 0.838. The highest BCUT2D eigenvalue weighted by atomic mass is 16.8. The molecule has 0 saturated heterocycles. The van der Waals surface area contributed by atoms with Gasteiger partial charge in [0.2, 0.25) is 0 Å². The predicted molar refractivity (Wildman–Crippen MR) is 29.1 cm³/mol. The molecular formula is C5H8O4. The molecule has 0 unspecified atom stereocenters. The number of aliphatic hydroxyl groups is 2. The average molecular weight is 132 g/mol. The molecule has 4 nitrogen and oxygen atoms in total. The minimum absolute atomic E-state index is 0.838. The third kappa shape index (κ3) is 4.99. The standard InChI is InChI=1S/C5H8O4/c1-3-4(6)9-5(2,7)8/h3,7-8H,1H2,2H3. The monoisotopic (exact) mass is 132 g/mol. The highest BCUT2D eigenvalue weighted by molar-refractivity contribution is 5.81. The smallest absolute Gasteiger partial charge is 0.334 e. The maximum Gasteiger partial charge on any atom is 0.334 e. The second kappa shape index (κ2) is 2.61. The van der Waals surface area contributed by atoms with Crippen molar-refractivity contribution in [3.8, 4) is 0 Å². The molecule has 9 heavy (non-hydrogen) atoms. The molecule has 0 aliphatic carbocycles. The van der Waals surface area contributed by atoms with Crippen LogP contribution in [0.5, 0.6) is 0 Å². The second-order valence-corrected chi connectivity index (χ2v) is 1.56. The normalized spacial score (nSPS) is 10.6. The maximum absolute atomic E-state index is 10.2. The van der Waals surface area contributed by atoms with Gasteiger partial charge >= 0.3 is 11.9 Å². The summed E-state index contributed by atoms with van der Waals surface area (Å²) in [7, 11) is 0. The summed E-state index contributed by atoms with van der Waals surface area (Å²) < 4.78 is 3.94. The van der Waals surface area contributed by atoms with Crippen LogP contribution in [-0.2, 0) is 9.53 Å². The van der Waals surface area contributed by atoms with Crippen LogP contribution in [0.15, 0.2) is 12.7 Å². The average Bonchev–Trinajstić information content (AvgIpc) is 1.62. The fourth-order valence-electron chi connectivity index (χ4n) is 0.232. The molecule has 0 saturated carbocycles. The third-order valence-corrected chi connectivity index (χ3v) is 0.461. The molecule has 0 spiro atoms. The molecule has 0 heterocycles. The van der Waals surface area contributed by atoms with Crippen molar-refractivity contribution in [1.29, 1.82) is 0 Å². The number of carbonyl (C=O) groups excluding carboxylic acids is 1. The van der Waals surface area contributed by atoms with Crippen molar-refractivity contribution in [3.05, 3.63) is 12.7 Å². The molecule has 0 bridgehead atoms. The van der Waals surface area contributed by atoms with Gasteiger partial charge in [0.05, 0.1) is 0 Å². The summed E-state index contributed by atoms with van der Waals surface area (Å²) in [4.78, 5) is 10.2. The fraction of sp³-hybridized carbons (Fsp3) is 0.400. The zero-order valence-electron chi connectivity index (χ0n) is 5.00. The van der Waals surface area contributed by atoms with E-state index in [4.69, 9.17) is 10.2 Å². The Morgan fingerprint density at radius 1 is 1.78 bits per heavy atom. The first-order chi connectivity index (χ1) is 3.95. The van der Waals surface area contributed by atoms with Gasteiger partial charge in [-0.25, -0.2) is 4.79 Å². The molecule has 4 heteroatoms. The van der Waals surface area contributed by atoms with Gasteiger partial charge in [-0.1, -0.05) is 6.58 Å². The first-order valence-corrected chi connectivity index (χ1v) is 2.26. The number of rotatable bonds is 2. The summed E-state index contributed by atoms with van der Waals surface area (Å²) >= 11 is 0. The van der Waals surface area contributed by atoms with Crippen molar-refractivity contribution in [1.82, 2.24) is 0 Å². The second-order valence-electron chi connectivity index (χ2n) is 1.56. The zero-order valence-corrected chi connectivity index (χ0v) is 5.00. The van der Waals surface area contributed by atoms with E-state index in [0.29, 0.717) is 0 Å². The summed E-state index contributed by atoms with van der Waals surface area (Å²) in [5.74, 6) is -3.27. The summed E-state index contributed by atoms with van der Waals surface area (Å²) in [6.45, 7) is 3.97. The molecule has 0 aromatic rings. The zero-order chi connectivity index (χ0) is 7.49. The Hall–Kier alpha value is -0.870. The van der Waals surface area contributed by atoms with Gasteiger partial charge in [-0.05, 0) is 0 Å². The van der Waals surface area contributed by atoms with Crippen LogP contribution in [0.25, 0.3) is 0 Å². The fourth-order valence-corrected chi connectivity index (χ4v) is 0.232. The van der Waals surface area contributed by atoms with Crippen molar-refractivity contribution < 1.29 is 19.7 Å². The quantitative estimate of drug-likeness (QED) is 0.298. The Balaban J connectivity index is 3.74. The first-order valence-electron chi connectivity index (χ1n) is 2.26. The Bertz CT molecular complexity index is 121. The summed E-state index contributed by atoms with van der Waals surface area (Å²) in [6, 6.07) is 0. The van der Waals surface area contributed by atoms with E-state index in [9.17, 15) is 4.79 Å². The highest BCUT2D eigenvalue weighted by Gasteiger charge is 2.18. The molecule has 0 aliphatic rings. The minimum atomic E-state index is -2.40. The van der Waals surface area contributed by atoms with E-state index in [2.05, 4.69) is 11.3 Å². The van der Waals surface area contributed by atoms with Gasteiger partial charge in [0.15, 0.2) is 0 Å². The molecular weight excluding hydrogens is 124 g/mol. The number of hydrogen-bond acceptors (Lipinski definition) is 4. The molecule has 0 aliphatic heterocycles. The van der Waals surface area contributed by atoms with E-state index in [-0.39, 0.29) is 0 Å². The van der Waals surface area contributed by atoms with E-state index >= 15 is 0 Å². The largest absolute Gasteiger partial charge is 0.405 e. The van der Waals surface area contributed by atoms with Crippen LogP contribution in [0.4, 0.5) is 0 Å². The lowest BCUT2D eigenvalue weighted by Crippen LogP contribution is -2.29.